The summed E-state index contributed by atoms with van der Waals surface area (Å²) in [6.45, 7) is 2.98. The van der Waals surface area contributed by atoms with Crippen molar-refractivity contribution in [1.29, 1.82) is 5.41 Å². The van der Waals surface area contributed by atoms with Gasteiger partial charge in [-0.05, 0) is 49.2 Å². The third-order valence-corrected chi connectivity index (χ3v) is 7.81. The van der Waals surface area contributed by atoms with Crippen LogP contribution in [0.5, 0.6) is 0 Å². The summed E-state index contributed by atoms with van der Waals surface area (Å²) < 4.78 is 8.37. The number of hydrogen-bond acceptors (Lipinski definition) is 10. The third kappa shape index (κ3) is 4.45. The first-order valence-electron chi connectivity index (χ1n) is 9.89. The van der Waals surface area contributed by atoms with Crippen LogP contribution in [0.15, 0.2) is 84.0 Å². The number of fused-ring (bicyclic) bond motifs is 1. The van der Waals surface area contributed by atoms with E-state index in [1.807, 2.05) is 48.8 Å². The Morgan fingerprint density at radius 2 is 2.16 bits per heavy atom. The molecule has 164 valence electrons. The van der Waals surface area contributed by atoms with E-state index >= 15 is 0 Å². The summed E-state index contributed by atoms with van der Waals surface area (Å²) in [7, 11) is 0. The number of rotatable bonds is 6. The van der Waals surface area contributed by atoms with Gasteiger partial charge in [0.25, 0.3) is 0 Å². The lowest BCUT2D eigenvalue weighted by molar-refractivity contribution is 0.502. The van der Waals surface area contributed by atoms with Crippen LogP contribution in [0.1, 0.15) is 6.92 Å². The van der Waals surface area contributed by atoms with Gasteiger partial charge in [-0.2, -0.15) is 4.36 Å². The number of nitrogens with one attached hydrogen (secondary N) is 2. The Labute approximate surface area is 206 Å². The van der Waals surface area contributed by atoms with E-state index in [0.29, 0.717) is 17.1 Å². The van der Waals surface area contributed by atoms with Gasteiger partial charge in [-0.1, -0.05) is 47.8 Å². The molecule has 2 heterocycles. The number of thioether (sulfide) groups is 2. The van der Waals surface area contributed by atoms with E-state index in [4.69, 9.17) is 23.6 Å². The zero-order chi connectivity index (χ0) is 22.7. The topological polar surface area (TPSA) is 89.9 Å². The second kappa shape index (κ2) is 10.1. The van der Waals surface area contributed by atoms with Crippen molar-refractivity contribution >= 4 is 76.4 Å². The van der Waals surface area contributed by atoms with Crippen LogP contribution in [0.2, 0.25) is 0 Å². The van der Waals surface area contributed by atoms with Crippen LogP contribution in [-0.4, -0.2) is 34.5 Å². The van der Waals surface area contributed by atoms with Gasteiger partial charge in [0.05, 0.1) is 43.0 Å². The minimum absolute atomic E-state index is 0.100. The number of likely N-dealkylation sites (N-methyl/N-ethyl adjacent to an activating group) is 1. The normalized spacial score (nSPS) is 22.5. The van der Waals surface area contributed by atoms with E-state index < -0.39 is 0 Å². The van der Waals surface area contributed by atoms with Crippen LogP contribution in [0.4, 0.5) is 17.1 Å². The number of benzene rings is 1. The molecule has 2 aliphatic heterocycles. The number of nitrogen functional groups attached to an aromatic ring is 1. The standard InChI is InChI=1S/C22H22N6S4/c1-3-28-16-12-10-14(24)20(27-30-2)22(16)32-18(28)8-6-4-5-7-17-25-15-11-9-13(23)19(26-29)21(15)31-17/h4-12,17,24-25H,3,23H2,1-2H3/b6-4+,7-5+,18-8+,24-14?,27-20?. The molecule has 0 spiro atoms. The Hall–Kier alpha value is -2.27. The van der Waals surface area contributed by atoms with Crippen LogP contribution < -0.4 is 11.1 Å². The first kappa shape index (κ1) is 22.9. The highest BCUT2D eigenvalue weighted by Crippen LogP contribution is 2.47. The predicted octanol–water partition coefficient (Wildman–Crippen LogP) is 6.02. The Balaban J connectivity index is 1.43. The largest absolute Gasteiger partial charge is 0.397 e. The fourth-order valence-electron chi connectivity index (χ4n) is 3.46. The lowest BCUT2D eigenvalue weighted by atomic mass is 10.1. The minimum Gasteiger partial charge on any atom is -0.397 e. The molecule has 0 aromatic heterocycles. The van der Waals surface area contributed by atoms with Crippen molar-refractivity contribution in [2.75, 3.05) is 23.9 Å². The fraction of sp³-hybridized carbons (Fsp3) is 0.182. The predicted molar refractivity (Wildman–Crippen MR) is 145 cm³/mol. The van der Waals surface area contributed by atoms with Crippen molar-refractivity contribution in [3.63, 3.8) is 0 Å². The van der Waals surface area contributed by atoms with Crippen LogP contribution in [-0.2, 0) is 12.4 Å². The first-order chi connectivity index (χ1) is 15.6. The van der Waals surface area contributed by atoms with Crippen molar-refractivity contribution in [3.8, 4) is 0 Å². The summed E-state index contributed by atoms with van der Waals surface area (Å²) >= 11 is 9.59. The van der Waals surface area contributed by atoms with Crippen LogP contribution in [0.3, 0.4) is 0 Å². The van der Waals surface area contributed by atoms with E-state index in [-0.39, 0.29) is 5.37 Å². The van der Waals surface area contributed by atoms with Gasteiger partial charge in [0.15, 0.2) is 0 Å². The molecule has 0 saturated carbocycles. The quantitative estimate of drug-likeness (QED) is 0.191. The highest BCUT2D eigenvalue weighted by molar-refractivity contribution is 8.08. The van der Waals surface area contributed by atoms with Gasteiger partial charge in [-0.15, -0.1) is 0 Å². The molecule has 0 amide bonds. The zero-order valence-corrected chi connectivity index (χ0v) is 20.8. The average Bonchev–Trinajstić information content (AvgIpc) is 3.36. The van der Waals surface area contributed by atoms with Gasteiger partial charge in [-0.25, -0.2) is 4.40 Å². The molecule has 3 aliphatic rings. The summed E-state index contributed by atoms with van der Waals surface area (Å²) in [4.78, 5) is 4.30. The van der Waals surface area contributed by atoms with Gasteiger partial charge >= 0.3 is 0 Å². The van der Waals surface area contributed by atoms with Crippen molar-refractivity contribution in [3.05, 3.63) is 70.3 Å². The van der Waals surface area contributed by atoms with Crippen LogP contribution in [0.25, 0.3) is 0 Å². The maximum Gasteiger partial charge on any atom is 0.116 e. The molecule has 1 aliphatic carbocycles. The number of hydrogen-bond donors (Lipinski definition) is 3. The van der Waals surface area contributed by atoms with Crippen molar-refractivity contribution in [2.24, 2.45) is 8.76 Å². The molecule has 1 aromatic carbocycles. The molecule has 1 atom stereocenters. The minimum atomic E-state index is 0.100. The number of nitrogens with zero attached hydrogens (tertiary/aromatic N) is 3. The van der Waals surface area contributed by atoms with Gasteiger partial charge in [0.1, 0.15) is 11.4 Å². The van der Waals surface area contributed by atoms with Gasteiger partial charge in [0.2, 0.25) is 0 Å². The van der Waals surface area contributed by atoms with E-state index in [9.17, 15) is 0 Å². The Kier molecular flexibility index (Phi) is 7.24. The van der Waals surface area contributed by atoms with E-state index in [2.05, 4.69) is 38.1 Å². The maximum atomic E-state index is 8.18. The molecule has 6 nitrogen and oxygen atoms in total. The Morgan fingerprint density at radius 3 is 2.91 bits per heavy atom. The summed E-state index contributed by atoms with van der Waals surface area (Å²) in [6, 6.07) is 3.79. The molecule has 0 bridgehead atoms. The van der Waals surface area contributed by atoms with E-state index in [1.54, 1.807) is 23.5 Å². The average molecular weight is 499 g/mol. The summed E-state index contributed by atoms with van der Waals surface area (Å²) in [5, 5.41) is 12.9. The van der Waals surface area contributed by atoms with Crippen LogP contribution >= 0.6 is 35.5 Å². The summed E-state index contributed by atoms with van der Waals surface area (Å²) in [5.74, 6) is 0. The second-order valence-corrected chi connectivity index (χ2v) is 9.77. The molecule has 1 unspecified atom stereocenters. The smallest absolute Gasteiger partial charge is 0.116 e. The van der Waals surface area contributed by atoms with Crippen molar-refractivity contribution in [1.82, 2.24) is 4.90 Å². The molecule has 1 aromatic rings. The summed E-state index contributed by atoms with van der Waals surface area (Å²) in [5.41, 5.74) is 10.6. The molecular weight excluding hydrogens is 477 g/mol. The van der Waals surface area contributed by atoms with E-state index in [0.717, 1.165) is 38.5 Å². The summed E-state index contributed by atoms with van der Waals surface area (Å²) in [6.07, 6.45) is 16.0. The molecule has 4 rings (SSSR count). The van der Waals surface area contributed by atoms with Crippen molar-refractivity contribution < 1.29 is 0 Å². The first-order valence-corrected chi connectivity index (χ1v) is 13.1. The Morgan fingerprint density at radius 1 is 1.31 bits per heavy atom. The monoisotopic (exact) mass is 498 g/mol. The van der Waals surface area contributed by atoms with Gasteiger partial charge in [-0.3, -0.25) is 5.41 Å². The molecule has 4 N–H and O–H groups in total. The number of anilines is 2. The second-order valence-electron chi connectivity index (χ2n) is 6.86. The number of allylic oxidation sites excluding steroid dienone is 7. The van der Waals surface area contributed by atoms with Gasteiger partial charge in [0, 0.05) is 25.2 Å². The lowest BCUT2D eigenvalue weighted by Gasteiger charge is -2.20. The lowest BCUT2D eigenvalue weighted by Crippen LogP contribution is -2.21. The zero-order valence-electron chi connectivity index (χ0n) is 17.5. The molecule has 32 heavy (non-hydrogen) atoms. The number of nitrogens with two attached hydrogens (primary N) is 1. The van der Waals surface area contributed by atoms with Crippen molar-refractivity contribution in [2.45, 2.75) is 17.2 Å². The molecule has 0 radical (unpaired) electrons. The molecule has 0 fully saturated rings. The van der Waals surface area contributed by atoms with E-state index in [1.165, 1.54) is 11.9 Å². The third-order valence-electron chi connectivity index (χ3n) is 4.92. The Bertz CT molecular complexity index is 1150. The highest BCUT2D eigenvalue weighted by atomic mass is 32.2. The molecular formula is C22H22N6S4. The van der Waals surface area contributed by atoms with Gasteiger partial charge < -0.3 is 16.0 Å². The maximum absolute atomic E-state index is 8.18. The molecule has 10 heteroatoms. The molecule has 0 saturated heterocycles. The SMILES string of the molecule is CCN1C2=C(S/C1=C/C=C/C=C/C1Nc3ccc(N)c(N=S)c3S1)C(=NSC)C(=N)C=C2. The fourth-order valence-corrected chi connectivity index (χ4v) is 6.51. The van der Waals surface area contributed by atoms with Crippen LogP contribution in [0, 0.1) is 5.41 Å². The highest BCUT2D eigenvalue weighted by Gasteiger charge is 2.32.